The van der Waals surface area contributed by atoms with E-state index in [2.05, 4.69) is 31.2 Å². The molecule has 1 amide bonds. The zero-order chi connectivity index (χ0) is 19.7. The zero-order valence-corrected chi connectivity index (χ0v) is 16.4. The van der Waals surface area contributed by atoms with Gasteiger partial charge in [-0.05, 0) is 36.4 Å². The first-order valence-corrected chi connectivity index (χ1v) is 9.61. The summed E-state index contributed by atoms with van der Waals surface area (Å²) in [5, 5.41) is 5.38. The van der Waals surface area contributed by atoms with E-state index >= 15 is 0 Å². The lowest BCUT2D eigenvalue weighted by atomic mass is 10.1. The number of thiazole rings is 1. The molecule has 2 aromatic carbocycles. The molecule has 0 saturated carbocycles. The topological polar surface area (TPSA) is 67.5 Å². The van der Waals surface area contributed by atoms with E-state index in [9.17, 15) is 13.6 Å². The normalized spacial score (nSPS) is 11.8. The van der Waals surface area contributed by atoms with Crippen LogP contribution in [0.2, 0.25) is 0 Å². The number of hydrogen-bond acceptors (Lipinski definition) is 5. The van der Waals surface area contributed by atoms with Crippen molar-refractivity contribution in [3.05, 3.63) is 81.3 Å². The molecule has 0 atom stereocenters. The highest BCUT2D eigenvalue weighted by atomic mass is 79.9. The Bertz CT molecular complexity index is 1260. The second-order valence-corrected chi connectivity index (χ2v) is 7.46. The van der Waals surface area contributed by atoms with Crippen LogP contribution in [0, 0.1) is 11.6 Å². The minimum Gasteiger partial charge on any atom is -0.438 e. The standard InChI is InChI=1S/C19H10BrF2N3O2S/c20-11-1-4-16-10(7-11)8-13(17(26)25-19-23-5-6-28-19)18(27-16)24-15-9-12(21)2-3-14(15)22/h1-9H,(H,23,25,26). The molecular formula is C19H10BrF2N3O2S. The largest absolute Gasteiger partial charge is 0.438 e. The van der Waals surface area contributed by atoms with Crippen molar-refractivity contribution in [3.63, 3.8) is 0 Å². The number of nitrogens with one attached hydrogen (secondary N) is 1. The Hall–Kier alpha value is -2.91. The smallest absolute Gasteiger partial charge is 0.262 e. The maximum Gasteiger partial charge on any atom is 0.262 e. The third-order valence-electron chi connectivity index (χ3n) is 3.74. The van der Waals surface area contributed by atoms with Crippen LogP contribution >= 0.6 is 27.3 Å². The average molecular weight is 462 g/mol. The minimum absolute atomic E-state index is 0.0597. The van der Waals surface area contributed by atoms with Crippen molar-refractivity contribution in [2.24, 2.45) is 4.99 Å². The number of anilines is 1. The van der Waals surface area contributed by atoms with Crippen LogP contribution in [0.3, 0.4) is 0 Å². The van der Waals surface area contributed by atoms with Crippen LogP contribution in [-0.2, 0) is 0 Å². The highest BCUT2D eigenvalue weighted by Gasteiger charge is 2.15. The molecule has 140 valence electrons. The molecule has 0 spiro atoms. The van der Waals surface area contributed by atoms with Crippen molar-refractivity contribution in [2.75, 3.05) is 5.32 Å². The van der Waals surface area contributed by atoms with Crippen LogP contribution in [0.15, 0.2) is 67.9 Å². The summed E-state index contributed by atoms with van der Waals surface area (Å²) in [5.74, 6) is -1.92. The third kappa shape index (κ3) is 3.85. The predicted octanol–water partition coefficient (Wildman–Crippen LogP) is 5.41. The molecule has 2 heterocycles. The van der Waals surface area contributed by atoms with Crippen LogP contribution in [0.4, 0.5) is 19.6 Å². The average Bonchev–Trinajstić information content (AvgIpc) is 3.17. The Labute approximate surface area is 169 Å². The summed E-state index contributed by atoms with van der Waals surface area (Å²) in [7, 11) is 0. The summed E-state index contributed by atoms with van der Waals surface area (Å²) in [5.41, 5.74) is 0.0749. The number of amides is 1. The second-order valence-electron chi connectivity index (χ2n) is 5.65. The monoisotopic (exact) mass is 461 g/mol. The number of carbonyl (C=O) groups is 1. The van der Waals surface area contributed by atoms with Gasteiger partial charge < -0.3 is 4.42 Å². The van der Waals surface area contributed by atoms with E-state index < -0.39 is 17.5 Å². The summed E-state index contributed by atoms with van der Waals surface area (Å²) in [6.45, 7) is 0. The van der Waals surface area contributed by atoms with E-state index in [0.29, 0.717) is 16.1 Å². The number of hydrogen-bond donors (Lipinski definition) is 1. The van der Waals surface area contributed by atoms with E-state index in [4.69, 9.17) is 4.42 Å². The zero-order valence-electron chi connectivity index (χ0n) is 13.9. The fraction of sp³-hybridized carbons (Fsp3) is 0. The molecule has 9 heteroatoms. The van der Waals surface area contributed by atoms with Crippen LogP contribution < -0.4 is 10.9 Å². The van der Waals surface area contributed by atoms with Crippen molar-refractivity contribution >= 4 is 55.0 Å². The quantitative estimate of drug-likeness (QED) is 0.443. The number of fused-ring (bicyclic) bond motifs is 1. The van der Waals surface area contributed by atoms with Gasteiger partial charge in [0.25, 0.3) is 5.91 Å². The number of aromatic nitrogens is 1. The van der Waals surface area contributed by atoms with Crippen molar-refractivity contribution in [1.29, 1.82) is 0 Å². The first-order valence-electron chi connectivity index (χ1n) is 7.93. The fourth-order valence-electron chi connectivity index (χ4n) is 2.48. The van der Waals surface area contributed by atoms with Crippen LogP contribution in [0.25, 0.3) is 11.0 Å². The van der Waals surface area contributed by atoms with Crippen molar-refractivity contribution in [3.8, 4) is 0 Å². The molecule has 4 aromatic rings. The molecular weight excluding hydrogens is 452 g/mol. The Kier molecular flexibility index (Phi) is 5.01. The van der Waals surface area contributed by atoms with Gasteiger partial charge in [0.1, 0.15) is 28.5 Å². The Morgan fingerprint density at radius 1 is 1.18 bits per heavy atom. The molecule has 1 N–H and O–H groups in total. The molecule has 0 saturated heterocycles. The summed E-state index contributed by atoms with van der Waals surface area (Å²) in [4.78, 5) is 20.8. The van der Waals surface area contributed by atoms with Gasteiger partial charge in [0.05, 0.1) is 0 Å². The lowest BCUT2D eigenvalue weighted by Crippen LogP contribution is -2.21. The van der Waals surface area contributed by atoms with Crippen molar-refractivity contribution < 1.29 is 18.0 Å². The molecule has 0 radical (unpaired) electrons. The van der Waals surface area contributed by atoms with Gasteiger partial charge >= 0.3 is 0 Å². The predicted molar refractivity (Wildman–Crippen MR) is 106 cm³/mol. The summed E-state index contributed by atoms with van der Waals surface area (Å²) >= 11 is 4.61. The number of benzene rings is 2. The first kappa shape index (κ1) is 18.5. The van der Waals surface area contributed by atoms with Crippen molar-refractivity contribution in [1.82, 2.24) is 4.98 Å². The SMILES string of the molecule is O=C(Nc1nccs1)c1cc2cc(Br)ccc2oc1=Nc1cc(F)ccc1F. The molecule has 0 bridgehead atoms. The van der Waals surface area contributed by atoms with Gasteiger partial charge in [-0.15, -0.1) is 11.3 Å². The van der Waals surface area contributed by atoms with Gasteiger partial charge in [0.15, 0.2) is 5.13 Å². The molecule has 0 aliphatic carbocycles. The van der Waals surface area contributed by atoms with Gasteiger partial charge in [-0.25, -0.2) is 18.8 Å². The Morgan fingerprint density at radius 2 is 2.04 bits per heavy atom. The van der Waals surface area contributed by atoms with E-state index in [1.807, 2.05) is 0 Å². The molecule has 2 aromatic heterocycles. The van der Waals surface area contributed by atoms with Crippen LogP contribution in [0.5, 0.6) is 0 Å². The minimum atomic E-state index is -0.737. The summed E-state index contributed by atoms with van der Waals surface area (Å²) in [6, 6.07) is 9.66. The molecule has 0 aliphatic rings. The Morgan fingerprint density at radius 3 is 2.82 bits per heavy atom. The molecule has 28 heavy (non-hydrogen) atoms. The molecule has 0 fully saturated rings. The summed E-state index contributed by atoms with van der Waals surface area (Å²) in [6.07, 6.45) is 1.55. The van der Waals surface area contributed by atoms with E-state index in [-0.39, 0.29) is 16.8 Å². The second kappa shape index (κ2) is 7.61. The molecule has 4 rings (SSSR count). The first-order chi connectivity index (χ1) is 13.5. The van der Waals surface area contributed by atoms with Gasteiger partial charge in [-0.1, -0.05) is 15.9 Å². The van der Waals surface area contributed by atoms with Crippen LogP contribution in [-0.4, -0.2) is 10.9 Å². The molecule has 0 aliphatic heterocycles. The number of halogens is 3. The van der Waals surface area contributed by atoms with Crippen molar-refractivity contribution in [2.45, 2.75) is 0 Å². The summed E-state index contributed by atoms with van der Waals surface area (Å²) < 4.78 is 34.1. The number of nitrogens with zero attached hydrogens (tertiary/aromatic N) is 2. The van der Waals surface area contributed by atoms with Gasteiger partial charge in [0.2, 0.25) is 5.55 Å². The maximum atomic E-state index is 14.0. The van der Waals surface area contributed by atoms with Crippen LogP contribution in [0.1, 0.15) is 10.4 Å². The highest BCUT2D eigenvalue weighted by Crippen LogP contribution is 2.22. The highest BCUT2D eigenvalue weighted by molar-refractivity contribution is 9.10. The van der Waals surface area contributed by atoms with E-state index in [1.165, 1.54) is 11.3 Å². The third-order valence-corrected chi connectivity index (χ3v) is 4.92. The van der Waals surface area contributed by atoms with Gasteiger partial charge in [-0.3, -0.25) is 10.1 Å². The van der Waals surface area contributed by atoms with E-state index in [1.54, 1.807) is 35.8 Å². The number of rotatable bonds is 3. The molecule has 5 nitrogen and oxygen atoms in total. The lowest BCUT2D eigenvalue weighted by Gasteiger charge is -2.06. The number of carbonyl (C=O) groups excluding carboxylic acids is 1. The maximum absolute atomic E-state index is 14.0. The fourth-order valence-corrected chi connectivity index (χ4v) is 3.38. The van der Waals surface area contributed by atoms with Gasteiger partial charge in [-0.2, -0.15) is 0 Å². The van der Waals surface area contributed by atoms with Gasteiger partial charge in [0, 0.05) is 27.5 Å². The lowest BCUT2D eigenvalue weighted by molar-refractivity contribution is 0.102. The van der Waals surface area contributed by atoms with E-state index in [0.717, 1.165) is 22.7 Å². The molecule has 0 unspecified atom stereocenters. The Balaban J connectivity index is 1.92.